The Morgan fingerprint density at radius 1 is 1.07 bits per heavy atom. The number of esters is 1. The van der Waals surface area contributed by atoms with Gasteiger partial charge in [0.05, 0.1) is 31.4 Å². The number of benzene rings is 2. The average Bonchev–Trinajstić information content (AvgIpc) is 3.14. The number of methoxy groups -OCH3 is 2. The molecule has 0 fully saturated rings. The Morgan fingerprint density at radius 3 is 2.59 bits per heavy atom. The number of nitrogens with zero attached hydrogens (tertiary/aromatic N) is 1. The third kappa shape index (κ3) is 5.00. The van der Waals surface area contributed by atoms with E-state index in [1.54, 1.807) is 6.07 Å². The van der Waals surface area contributed by atoms with E-state index in [0.29, 0.717) is 28.8 Å². The number of aromatic nitrogens is 1. The van der Waals surface area contributed by atoms with E-state index in [9.17, 15) is 9.59 Å². The maximum absolute atomic E-state index is 12.1. The van der Waals surface area contributed by atoms with Gasteiger partial charge < -0.3 is 24.1 Å². The number of anilines is 1. The van der Waals surface area contributed by atoms with Gasteiger partial charge in [0, 0.05) is 24.3 Å². The van der Waals surface area contributed by atoms with Crippen LogP contribution in [0.3, 0.4) is 0 Å². The summed E-state index contributed by atoms with van der Waals surface area (Å²) < 4.78 is 17.4. The monoisotopic (exact) mass is 416 g/mol. The highest BCUT2D eigenvalue weighted by molar-refractivity contribution is 6.32. The molecular formula is C21H21ClN2O5. The maximum Gasteiger partial charge on any atom is 0.308 e. The molecule has 0 aliphatic heterocycles. The van der Waals surface area contributed by atoms with Gasteiger partial charge in [-0.3, -0.25) is 9.59 Å². The number of hydrogen-bond acceptors (Lipinski definition) is 5. The number of ether oxygens (including phenoxy) is 3. The normalized spacial score (nSPS) is 10.6. The molecule has 0 radical (unpaired) electrons. The quantitative estimate of drug-likeness (QED) is 0.564. The molecule has 8 heteroatoms. The van der Waals surface area contributed by atoms with Crippen LogP contribution in [-0.2, 0) is 20.9 Å². The first kappa shape index (κ1) is 20.5. The molecular weight excluding hydrogens is 396 g/mol. The molecule has 1 heterocycles. The van der Waals surface area contributed by atoms with Gasteiger partial charge in [0.1, 0.15) is 11.5 Å². The van der Waals surface area contributed by atoms with Gasteiger partial charge in [-0.05, 0) is 23.6 Å². The van der Waals surface area contributed by atoms with Crippen molar-refractivity contribution in [3.8, 4) is 11.5 Å². The van der Waals surface area contributed by atoms with E-state index in [2.05, 4.69) is 5.32 Å². The number of aryl methyl sites for hydroxylation is 1. The molecule has 0 saturated carbocycles. The summed E-state index contributed by atoms with van der Waals surface area (Å²) in [4.78, 5) is 24.1. The smallest absolute Gasteiger partial charge is 0.308 e. The number of carbonyl (C=O) groups is 2. The first-order valence-corrected chi connectivity index (χ1v) is 9.30. The third-order valence-corrected chi connectivity index (χ3v) is 4.64. The lowest BCUT2D eigenvalue weighted by Gasteiger charge is -2.13. The second kappa shape index (κ2) is 9.34. The second-order valence-corrected chi connectivity index (χ2v) is 6.62. The van der Waals surface area contributed by atoms with Crippen molar-refractivity contribution in [3.05, 3.63) is 53.7 Å². The van der Waals surface area contributed by atoms with E-state index in [0.717, 1.165) is 10.9 Å². The maximum atomic E-state index is 12.1. The highest BCUT2D eigenvalue weighted by Gasteiger charge is 2.14. The standard InChI is InChI=1S/C21H21ClN2O5/c1-27-18-12-19(28-2)16(11-15(18)22)23-20(25)13-29-21(26)8-10-24-9-7-14-5-3-4-6-17(14)24/h3-7,9,11-12H,8,10,13H2,1-2H3,(H,23,25). The van der Waals surface area contributed by atoms with E-state index in [-0.39, 0.29) is 6.42 Å². The lowest BCUT2D eigenvalue weighted by Crippen LogP contribution is -2.21. The Labute approximate surface area is 173 Å². The van der Waals surface area contributed by atoms with Crippen molar-refractivity contribution in [2.24, 2.45) is 0 Å². The van der Waals surface area contributed by atoms with Crippen molar-refractivity contribution in [1.82, 2.24) is 4.57 Å². The van der Waals surface area contributed by atoms with Gasteiger partial charge in [0.2, 0.25) is 0 Å². The lowest BCUT2D eigenvalue weighted by atomic mass is 10.2. The van der Waals surface area contributed by atoms with Crippen LogP contribution in [-0.4, -0.2) is 37.3 Å². The highest BCUT2D eigenvalue weighted by atomic mass is 35.5. The zero-order chi connectivity index (χ0) is 20.8. The van der Waals surface area contributed by atoms with Gasteiger partial charge in [-0.25, -0.2) is 0 Å². The van der Waals surface area contributed by atoms with E-state index in [4.69, 9.17) is 25.8 Å². The molecule has 0 bridgehead atoms. The number of halogens is 1. The van der Waals surface area contributed by atoms with Crippen LogP contribution in [0.15, 0.2) is 48.7 Å². The number of carbonyl (C=O) groups excluding carboxylic acids is 2. The molecule has 0 aliphatic rings. The number of rotatable bonds is 8. The molecule has 2 aromatic carbocycles. The summed E-state index contributed by atoms with van der Waals surface area (Å²) in [7, 11) is 2.94. The summed E-state index contributed by atoms with van der Waals surface area (Å²) >= 11 is 6.08. The first-order valence-electron chi connectivity index (χ1n) is 8.92. The van der Waals surface area contributed by atoms with E-state index < -0.39 is 18.5 Å². The predicted molar refractivity (Wildman–Crippen MR) is 111 cm³/mol. The van der Waals surface area contributed by atoms with E-state index >= 15 is 0 Å². The fourth-order valence-electron chi connectivity index (χ4n) is 2.91. The molecule has 0 unspecified atom stereocenters. The van der Waals surface area contributed by atoms with E-state index in [1.807, 2.05) is 41.1 Å². The molecule has 1 amide bonds. The molecule has 3 rings (SSSR count). The summed E-state index contributed by atoms with van der Waals surface area (Å²) in [6.45, 7) is 0.0634. The molecule has 0 aliphatic carbocycles. The predicted octanol–water partition coefficient (Wildman–Crippen LogP) is 3.88. The topological polar surface area (TPSA) is 78.8 Å². The van der Waals surface area contributed by atoms with Gasteiger partial charge in [0.15, 0.2) is 6.61 Å². The van der Waals surface area contributed by atoms with Gasteiger partial charge in [-0.2, -0.15) is 0 Å². The first-order chi connectivity index (χ1) is 14.0. The van der Waals surface area contributed by atoms with Crippen LogP contribution >= 0.6 is 11.6 Å². The van der Waals surface area contributed by atoms with Crippen molar-refractivity contribution >= 4 is 40.1 Å². The van der Waals surface area contributed by atoms with Gasteiger partial charge in [-0.15, -0.1) is 0 Å². The van der Waals surface area contributed by atoms with Crippen molar-refractivity contribution in [2.75, 3.05) is 26.1 Å². The van der Waals surface area contributed by atoms with Crippen LogP contribution in [0.1, 0.15) is 6.42 Å². The van der Waals surface area contributed by atoms with Crippen molar-refractivity contribution in [1.29, 1.82) is 0 Å². The van der Waals surface area contributed by atoms with E-state index in [1.165, 1.54) is 20.3 Å². The summed E-state index contributed by atoms with van der Waals surface area (Å²) in [6, 6.07) is 13.0. The van der Waals surface area contributed by atoms with Crippen molar-refractivity contribution < 1.29 is 23.8 Å². The molecule has 0 spiro atoms. The molecule has 0 saturated heterocycles. The number of hydrogen-bond donors (Lipinski definition) is 1. The lowest BCUT2D eigenvalue weighted by molar-refractivity contribution is -0.147. The number of amides is 1. The third-order valence-electron chi connectivity index (χ3n) is 4.35. The zero-order valence-corrected chi connectivity index (χ0v) is 16.9. The number of fused-ring (bicyclic) bond motifs is 1. The van der Waals surface area contributed by atoms with Gasteiger partial charge >= 0.3 is 5.97 Å². The number of para-hydroxylation sites is 1. The summed E-state index contributed by atoms with van der Waals surface area (Å²) in [6.07, 6.45) is 2.08. The molecule has 152 valence electrons. The molecule has 7 nitrogen and oxygen atoms in total. The molecule has 3 aromatic rings. The second-order valence-electron chi connectivity index (χ2n) is 6.21. The van der Waals surface area contributed by atoms with Crippen LogP contribution in [0.25, 0.3) is 10.9 Å². The zero-order valence-electron chi connectivity index (χ0n) is 16.1. The van der Waals surface area contributed by atoms with Crippen molar-refractivity contribution in [2.45, 2.75) is 13.0 Å². The Balaban J connectivity index is 1.51. The van der Waals surface area contributed by atoms with Crippen molar-refractivity contribution in [3.63, 3.8) is 0 Å². The summed E-state index contributed by atoms with van der Waals surface area (Å²) in [5.41, 5.74) is 1.40. The van der Waals surface area contributed by atoms with Crippen LogP contribution in [0.4, 0.5) is 5.69 Å². The Hall–Kier alpha value is -3.19. The van der Waals surface area contributed by atoms with Crippen LogP contribution in [0.2, 0.25) is 5.02 Å². The average molecular weight is 417 g/mol. The van der Waals surface area contributed by atoms with Gasteiger partial charge in [-0.1, -0.05) is 29.8 Å². The largest absolute Gasteiger partial charge is 0.495 e. The van der Waals surface area contributed by atoms with Crippen LogP contribution in [0.5, 0.6) is 11.5 Å². The minimum absolute atomic E-state index is 0.156. The minimum Gasteiger partial charge on any atom is -0.495 e. The van der Waals surface area contributed by atoms with Crippen LogP contribution < -0.4 is 14.8 Å². The van der Waals surface area contributed by atoms with Gasteiger partial charge in [0.25, 0.3) is 5.91 Å². The SMILES string of the molecule is COc1cc(OC)c(NC(=O)COC(=O)CCn2ccc3ccccc32)cc1Cl. The molecule has 29 heavy (non-hydrogen) atoms. The summed E-state index contributed by atoms with van der Waals surface area (Å²) in [5, 5.41) is 4.04. The molecule has 0 atom stereocenters. The molecule has 1 aromatic heterocycles. The van der Waals surface area contributed by atoms with Crippen LogP contribution in [0, 0.1) is 0 Å². The molecule has 1 N–H and O–H groups in total. The Morgan fingerprint density at radius 2 is 1.83 bits per heavy atom. The number of nitrogens with one attached hydrogen (secondary N) is 1. The fraction of sp³-hybridized carbons (Fsp3) is 0.238. The Bertz CT molecular complexity index is 1030. The fourth-order valence-corrected chi connectivity index (χ4v) is 3.15. The minimum atomic E-state index is -0.496. The Kier molecular flexibility index (Phi) is 6.61. The summed E-state index contributed by atoms with van der Waals surface area (Å²) in [5.74, 6) is -0.155. The highest BCUT2D eigenvalue weighted by Crippen LogP contribution is 2.35.